The number of carbonyl (C=O) groups is 2. The van der Waals surface area contributed by atoms with Crippen molar-refractivity contribution in [1.82, 2.24) is 4.90 Å². The van der Waals surface area contributed by atoms with Gasteiger partial charge in [-0.15, -0.1) is 0 Å². The van der Waals surface area contributed by atoms with E-state index in [4.69, 9.17) is 0 Å². The summed E-state index contributed by atoms with van der Waals surface area (Å²) in [6.45, 7) is -0.0453. The number of imide groups is 1. The van der Waals surface area contributed by atoms with E-state index in [9.17, 15) is 19.1 Å². The summed E-state index contributed by atoms with van der Waals surface area (Å²) in [6.07, 6.45) is 2.51. The number of likely N-dealkylation sites (tertiary alicyclic amines) is 1. The van der Waals surface area contributed by atoms with Crippen LogP contribution in [0.2, 0.25) is 0 Å². The first-order valence-electron chi connectivity index (χ1n) is 7.36. The number of aliphatic hydroxyl groups is 1. The maximum absolute atomic E-state index is 12.9. The molecule has 0 spiro atoms. The summed E-state index contributed by atoms with van der Waals surface area (Å²) < 4.78 is 12.9. The first-order chi connectivity index (χ1) is 10.1. The van der Waals surface area contributed by atoms with E-state index in [0.29, 0.717) is 5.56 Å². The first kappa shape index (κ1) is 14.2. The van der Waals surface area contributed by atoms with Crippen LogP contribution in [0.15, 0.2) is 24.3 Å². The third-order valence-corrected chi connectivity index (χ3v) is 4.54. The van der Waals surface area contributed by atoms with Crippen molar-refractivity contribution in [2.24, 2.45) is 11.8 Å². The lowest BCUT2D eigenvalue weighted by molar-refractivity contribution is -0.141. The predicted molar refractivity (Wildman–Crippen MR) is 73.5 cm³/mol. The van der Waals surface area contributed by atoms with Crippen LogP contribution in [0.1, 0.15) is 37.4 Å². The largest absolute Gasteiger partial charge is 0.387 e. The van der Waals surface area contributed by atoms with E-state index in [1.807, 2.05) is 0 Å². The lowest BCUT2D eigenvalue weighted by atomic mass is 9.81. The van der Waals surface area contributed by atoms with Crippen LogP contribution in [0.3, 0.4) is 0 Å². The Morgan fingerprint density at radius 3 is 2.14 bits per heavy atom. The molecule has 3 unspecified atom stereocenters. The zero-order chi connectivity index (χ0) is 15.0. The number of aliphatic hydroxyl groups excluding tert-OH is 1. The molecule has 1 aromatic carbocycles. The SMILES string of the molecule is O=C1C2CCCCC2C(=O)N1CC(O)c1ccc(F)cc1. The van der Waals surface area contributed by atoms with Gasteiger partial charge in [0, 0.05) is 0 Å². The molecule has 1 aliphatic carbocycles. The minimum Gasteiger partial charge on any atom is -0.387 e. The van der Waals surface area contributed by atoms with Crippen molar-refractivity contribution >= 4 is 11.8 Å². The summed E-state index contributed by atoms with van der Waals surface area (Å²) in [4.78, 5) is 25.8. The highest BCUT2D eigenvalue weighted by Crippen LogP contribution is 2.38. The summed E-state index contributed by atoms with van der Waals surface area (Å²) in [5.74, 6) is -1.11. The van der Waals surface area contributed by atoms with E-state index in [-0.39, 0.29) is 36.0 Å². The second kappa shape index (κ2) is 5.56. The van der Waals surface area contributed by atoms with Gasteiger partial charge in [-0.1, -0.05) is 25.0 Å². The average molecular weight is 291 g/mol. The van der Waals surface area contributed by atoms with Crippen LogP contribution in [0.5, 0.6) is 0 Å². The molecule has 1 saturated heterocycles. The van der Waals surface area contributed by atoms with E-state index in [1.54, 1.807) is 0 Å². The molecule has 21 heavy (non-hydrogen) atoms. The number of carbonyl (C=O) groups excluding carboxylic acids is 2. The Morgan fingerprint density at radius 2 is 1.62 bits per heavy atom. The molecule has 1 heterocycles. The Balaban J connectivity index is 1.73. The minimum atomic E-state index is -0.973. The molecule has 0 aromatic heterocycles. The zero-order valence-corrected chi connectivity index (χ0v) is 11.7. The summed E-state index contributed by atoms with van der Waals surface area (Å²) in [6, 6.07) is 5.45. The van der Waals surface area contributed by atoms with Gasteiger partial charge in [0.2, 0.25) is 11.8 Å². The molecule has 1 saturated carbocycles. The fraction of sp³-hybridized carbons (Fsp3) is 0.500. The molecule has 112 valence electrons. The number of amides is 2. The number of fused-ring (bicyclic) bond motifs is 1. The van der Waals surface area contributed by atoms with Gasteiger partial charge in [0.05, 0.1) is 24.5 Å². The van der Waals surface area contributed by atoms with Crippen molar-refractivity contribution in [1.29, 1.82) is 0 Å². The smallest absolute Gasteiger partial charge is 0.233 e. The van der Waals surface area contributed by atoms with E-state index in [0.717, 1.165) is 25.7 Å². The molecule has 4 nitrogen and oxygen atoms in total. The Kier molecular flexibility index (Phi) is 3.76. The number of benzene rings is 1. The molecule has 5 heteroatoms. The van der Waals surface area contributed by atoms with Crippen molar-refractivity contribution in [3.8, 4) is 0 Å². The van der Waals surface area contributed by atoms with Gasteiger partial charge in [-0.05, 0) is 30.5 Å². The maximum Gasteiger partial charge on any atom is 0.233 e. The van der Waals surface area contributed by atoms with Gasteiger partial charge in [-0.25, -0.2) is 4.39 Å². The summed E-state index contributed by atoms with van der Waals surface area (Å²) in [5, 5.41) is 10.2. The van der Waals surface area contributed by atoms with Crippen LogP contribution in [0.4, 0.5) is 4.39 Å². The minimum absolute atomic E-state index is 0.0453. The van der Waals surface area contributed by atoms with Crippen molar-refractivity contribution in [3.05, 3.63) is 35.6 Å². The molecule has 3 atom stereocenters. The fourth-order valence-corrected chi connectivity index (χ4v) is 3.37. The second-order valence-electron chi connectivity index (χ2n) is 5.85. The molecule has 2 fully saturated rings. The molecule has 0 radical (unpaired) electrons. The molecule has 1 aromatic rings. The normalized spacial score (nSPS) is 26.9. The Morgan fingerprint density at radius 1 is 1.10 bits per heavy atom. The van der Waals surface area contributed by atoms with Gasteiger partial charge >= 0.3 is 0 Å². The van der Waals surface area contributed by atoms with E-state index < -0.39 is 6.10 Å². The van der Waals surface area contributed by atoms with Crippen molar-refractivity contribution in [2.75, 3.05) is 6.54 Å². The molecule has 2 amide bonds. The topological polar surface area (TPSA) is 57.6 Å². The van der Waals surface area contributed by atoms with Crippen LogP contribution in [0, 0.1) is 17.7 Å². The number of β-amino-alcohol motifs (C(OH)–C–C–N with tert-alkyl or cyclic N) is 1. The van der Waals surface area contributed by atoms with Crippen LogP contribution in [-0.4, -0.2) is 28.4 Å². The van der Waals surface area contributed by atoms with Gasteiger partial charge in [0.1, 0.15) is 5.82 Å². The highest BCUT2D eigenvalue weighted by Gasteiger charge is 2.48. The highest BCUT2D eigenvalue weighted by atomic mass is 19.1. The molecular weight excluding hydrogens is 273 g/mol. The number of halogens is 1. The third-order valence-electron chi connectivity index (χ3n) is 4.54. The fourth-order valence-electron chi connectivity index (χ4n) is 3.37. The molecule has 2 aliphatic rings. The lowest BCUT2D eigenvalue weighted by Gasteiger charge is -2.19. The van der Waals surface area contributed by atoms with E-state index in [1.165, 1.54) is 29.2 Å². The average Bonchev–Trinajstić information content (AvgIpc) is 2.73. The zero-order valence-electron chi connectivity index (χ0n) is 11.7. The Hall–Kier alpha value is -1.75. The van der Waals surface area contributed by atoms with Crippen molar-refractivity contribution in [3.63, 3.8) is 0 Å². The summed E-state index contributed by atoms with van der Waals surface area (Å²) in [5.41, 5.74) is 0.506. The first-order valence-corrected chi connectivity index (χ1v) is 7.36. The van der Waals surface area contributed by atoms with Crippen LogP contribution in [-0.2, 0) is 9.59 Å². The molecule has 3 rings (SSSR count). The Labute approximate surface area is 122 Å². The van der Waals surface area contributed by atoms with Crippen LogP contribution < -0.4 is 0 Å². The van der Waals surface area contributed by atoms with Crippen molar-refractivity contribution in [2.45, 2.75) is 31.8 Å². The maximum atomic E-state index is 12.9. The second-order valence-corrected chi connectivity index (χ2v) is 5.85. The molecule has 1 N–H and O–H groups in total. The van der Waals surface area contributed by atoms with Crippen molar-refractivity contribution < 1.29 is 19.1 Å². The molecular formula is C16H18FNO3. The van der Waals surface area contributed by atoms with Crippen LogP contribution in [0.25, 0.3) is 0 Å². The van der Waals surface area contributed by atoms with E-state index >= 15 is 0 Å². The number of nitrogens with zero attached hydrogens (tertiary/aromatic N) is 1. The van der Waals surface area contributed by atoms with Gasteiger partial charge < -0.3 is 5.11 Å². The molecule has 1 aliphatic heterocycles. The monoisotopic (exact) mass is 291 g/mol. The standard InChI is InChI=1S/C16H18FNO3/c17-11-7-5-10(6-8-11)14(19)9-18-15(20)12-3-1-2-4-13(12)16(18)21/h5-8,12-14,19H,1-4,9H2. The number of hydrogen-bond donors (Lipinski definition) is 1. The molecule has 0 bridgehead atoms. The van der Waals surface area contributed by atoms with Gasteiger partial charge in [0.25, 0.3) is 0 Å². The Bertz CT molecular complexity index is 533. The lowest BCUT2D eigenvalue weighted by Crippen LogP contribution is -2.35. The summed E-state index contributed by atoms with van der Waals surface area (Å²) >= 11 is 0. The quantitative estimate of drug-likeness (QED) is 0.867. The van der Waals surface area contributed by atoms with Crippen LogP contribution >= 0.6 is 0 Å². The van der Waals surface area contributed by atoms with Gasteiger partial charge in [-0.3, -0.25) is 14.5 Å². The number of rotatable bonds is 3. The van der Waals surface area contributed by atoms with Gasteiger partial charge in [-0.2, -0.15) is 0 Å². The summed E-state index contributed by atoms with van der Waals surface area (Å²) in [7, 11) is 0. The predicted octanol–water partition coefficient (Wildman–Crippen LogP) is 2.03. The number of hydrogen-bond acceptors (Lipinski definition) is 3. The highest BCUT2D eigenvalue weighted by molar-refractivity contribution is 6.05. The third kappa shape index (κ3) is 2.58. The van der Waals surface area contributed by atoms with E-state index in [2.05, 4.69) is 0 Å². The van der Waals surface area contributed by atoms with Gasteiger partial charge in [0.15, 0.2) is 0 Å².